The van der Waals surface area contributed by atoms with Crippen LogP contribution in [-0.4, -0.2) is 12.2 Å². The summed E-state index contributed by atoms with van der Waals surface area (Å²) in [6, 6.07) is 12.8. The van der Waals surface area contributed by atoms with Crippen molar-refractivity contribution < 1.29 is 9.59 Å². The third-order valence-electron chi connectivity index (χ3n) is 3.64. The van der Waals surface area contributed by atoms with Gasteiger partial charge in [-0.1, -0.05) is 18.2 Å². The van der Waals surface area contributed by atoms with Gasteiger partial charge in [0.1, 0.15) is 6.29 Å². The van der Waals surface area contributed by atoms with Crippen molar-refractivity contribution >= 4 is 17.9 Å². The van der Waals surface area contributed by atoms with Crippen LogP contribution in [0.4, 0.5) is 5.69 Å². The summed E-state index contributed by atoms with van der Waals surface area (Å²) in [5, 5.41) is 2.83. The highest BCUT2D eigenvalue weighted by molar-refractivity contribution is 6.04. The van der Waals surface area contributed by atoms with E-state index in [4.69, 9.17) is 0 Å². The van der Waals surface area contributed by atoms with Crippen LogP contribution in [0.15, 0.2) is 42.5 Å². The first-order chi connectivity index (χ1) is 9.76. The van der Waals surface area contributed by atoms with Gasteiger partial charge in [-0.2, -0.15) is 0 Å². The average Bonchev–Trinajstić information content (AvgIpc) is 2.94. The number of anilines is 1. The van der Waals surface area contributed by atoms with Gasteiger partial charge in [0.2, 0.25) is 0 Å². The average molecular weight is 265 g/mol. The molecule has 0 spiro atoms. The highest BCUT2D eigenvalue weighted by atomic mass is 16.1. The third-order valence-corrected chi connectivity index (χ3v) is 3.64. The molecule has 0 unspecified atom stereocenters. The largest absolute Gasteiger partial charge is 0.322 e. The number of aryl methyl sites for hydroxylation is 2. The van der Waals surface area contributed by atoms with Crippen molar-refractivity contribution in [3.8, 4) is 0 Å². The smallest absolute Gasteiger partial charge is 0.255 e. The van der Waals surface area contributed by atoms with E-state index in [2.05, 4.69) is 5.32 Å². The van der Waals surface area contributed by atoms with E-state index in [0.717, 1.165) is 19.1 Å². The number of aldehydes is 1. The first-order valence-corrected chi connectivity index (χ1v) is 6.75. The van der Waals surface area contributed by atoms with Gasteiger partial charge in [-0.05, 0) is 54.7 Å². The minimum Gasteiger partial charge on any atom is -0.322 e. The summed E-state index contributed by atoms with van der Waals surface area (Å²) in [6.45, 7) is 0. The highest BCUT2D eigenvalue weighted by Crippen LogP contribution is 2.23. The molecule has 0 aromatic heterocycles. The Balaban J connectivity index is 1.80. The summed E-state index contributed by atoms with van der Waals surface area (Å²) in [5.41, 5.74) is 4.49. The van der Waals surface area contributed by atoms with Crippen LogP contribution in [0.3, 0.4) is 0 Å². The molecule has 1 N–H and O–H groups in total. The lowest BCUT2D eigenvalue weighted by Crippen LogP contribution is -2.12. The molecule has 1 aliphatic carbocycles. The lowest BCUT2D eigenvalue weighted by molar-refractivity contribution is 0.102. The summed E-state index contributed by atoms with van der Waals surface area (Å²) >= 11 is 0. The standard InChI is InChI=1S/C17H15NO2/c19-11-12-3-1-6-16(9-12)18-17(20)15-8-7-13-4-2-5-14(13)10-15/h1,3,6-11H,2,4-5H2,(H,18,20). The predicted octanol–water partition coefficient (Wildman–Crippen LogP) is 3.24. The van der Waals surface area contributed by atoms with E-state index in [-0.39, 0.29) is 5.91 Å². The number of nitrogens with one attached hydrogen (secondary N) is 1. The quantitative estimate of drug-likeness (QED) is 0.866. The molecule has 0 saturated heterocycles. The molecule has 0 bridgehead atoms. The van der Waals surface area contributed by atoms with Crippen molar-refractivity contribution in [2.75, 3.05) is 5.32 Å². The number of hydrogen-bond acceptors (Lipinski definition) is 2. The molecular formula is C17H15NO2. The van der Waals surface area contributed by atoms with E-state index in [1.807, 2.05) is 18.2 Å². The Morgan fingerprint density at radius 2 is 1.90 bits per heavy atom. The first-order valence-electron chi connectivity index (χ1n) is 6.75. The highest BCUT2D eigenvalue weighted by Gasteiger charge is 2.14. The Bertz CT molecular complexity index is 676. The SMILES string of the molecule is O=Cc1cccc(NC(=O)c2ccc3c(c2)CCC3)c1. The van der Waals surface area contributed by atoms with Crippen LogP contribution in [0.25, 0.3) is 0 Å². The number of hydrogen-bond donors (Lipinski definition) is 1. The van der Waals surface area contributed by atoms with Crippen LogP contribution in [-0.2, 0) is 12.8 Å². The summed E-state index contributed by atoms with van der Waals surface area (Å²) in [5.74, 6) is -0.136. The molecule has 1 aliphatic rings. The zero-order valence-corrected chi connectivity index (χ0v) is 11.1. The van der Waals surface area contributed by atoms with E-state index in [1.54, 1.807) is 24.3 Å². The molecule has 0 atom stereocenters. The Morgan fingerprint density at radius 3 is 2.75 bits per heavy atom. The molecule has 0 radical (unpaired) electrons. The van der Waals surface area contributed by atoms with Crippen LogP contribution in [0, 0.1) is 0 Å². The Hall–Kier alpha value is -2.42. The second-order valence-corrected chi connectivity index (χ2v) is 5.03. The topological polar surface area (TPSA) is 46.2 Å². The summed E-state index contributed by atoms with van der Waals surface area (Å²) < 4.78 is 0. The molecule has 0 aliphatic heterocycles. The third kappa shape index (κ3) is 2.48. The van der Waals surface area contributed by atoms with E-state index >= 15 is 0 Å². The lowest BCUT2D eigenvalue weighted by atomic mass is 10.1. The fraction of sp³-hybridized carbons (Fsp3) is 0.176. The molecule has 0 fully saturated rings. The van der Waals surface area contributed by atoms with Gasteiger partial charge in [-0.25, -0.2) is 0 Å². The molecular weight excluding hydrogens is 250 g/mol. The molecule has 0 heterocycles. The van der Waals surface area contributed by atoms with E-state index in [0.29, 0.717) is 16.8 Å². The van der Waals surface area contributed by atoms with Gasteiger partial charge in [-0.15, -0.1) is 0 Å². The fourth-order valence-corrected chi connectivity index (χ4v) is 2.61. The van der Waals surface area contributed by atoms with Crippen molar-refractivity contribution in [1.29, 1.82) is 0 Å². The van der Waals surface area contributed by atoms with Crippen molar-refractivity contribution in [1.82, 2.24) is 0 Å². The van der Waals surface area contributed by atoms with Crippen LogP contribution in [0.1, 0.15) is 38.3 Å². The number of benzene rings is 2. The van der Waals surface area contributed by atoms with Crippen LogP contribution < -0.4 is 5.32 Å². The maximum atomic E-state index is 12.2. The molecule has 2 aromatic rings. The van der Waals surface area contributed by atoms with Gasteiger partial charge in [0.05, 0.1) is 0 Å². The summed E-state index contributed by atoms with van der Waals surface area (Å²) in [6.07, 6.45) is 4.10. The maximum Gasteiger partial charge on any atom is 0.255 e. The number of fused-ring (bicyclic) bond motifs is 1. The maximum absolute atomic E-state index is 12.2. The molecule has 3 rings (SSSR count). The van der Waals surface area contributed by atoms with Crippen LogP contribution >= 0.6 is 0 Å². The van der Waals surface area contributed by atoms with E-state index in [1.165, 1.54) is 17.5 Å². The molecule has 3 heteroatoms. The predicted molar refractivity (Wildman–Crippen MR) is 78.2 cm³/mol. The van der Waals surface area contributed by atoms with Crippen LogP contribution in [0.5, 0.6) is 0 Å². The Morgan fingerprint density at radius 1 is 1.05 bits per heavy atom. The Kier molecular flexibility index (Phi) is 3.33. The van der Waals surface area contributed by atoms with Crippen LogP contribution in [0.2, 0.25) is 0 Å². The minimum absolute atomic E-state index is 0.136. The molecule has 3 nitrogen and oxygen atoms in total. The summed E-state index contributed by atoms with van der Waals surface area (Å²) in [7, 11) is 0. The van der Waals surface area contributed by atoms with E-state index < -0.39 is 0 Å². The Labute approximate surface area is 117 Å². The van der Waals surface area contributed by atoms with Gasteiger partial charge in [-0.3, -0.25) is 9.59 Å². The summed E-state index contributed by atoms with van der Waals surface area (Å²) in [4.78, 5) is 22.9. The minimum atomic E-state index is -0.136. The number of rotatable bonds is 3. The van der Waals surface area contributed by atoms with Gasteiger partial charge in [0.25, 0.3) is 5.91 Å². The lowest BCUT2D eigenvalue weighted by Gasteiger charge is -2.07. The van der Waals surface area contributed by atoms with E-state index in [9.17, 15) is 9.59 Å². The van der Waals surface area contributed by atoms with Crippen molar-refractivity contribution in [3.05, 3.63) is 64.7 Å². The zero-order valence-electron chi connectivity index (χ0n) is 11.1. The number of carbonyl (C=O) groups is 2. The second kappa shape index (κ2) is 5.29. The van der Waals surface area contributed by atoms with Crippen molar-refractivity contribution in [2.24, 2.45) is 0 Å². The number of carbonyl (C=O) groups excluding carboxylic acids is 2. The zero-order chi connectivity index (χ0) is 13.9. The normalized spacial score (nSPS) is 12.8. The van der Waals surface area contributed by atoms with Crippen molar-refractivity contribution in [2.45, 2.75) is 19.3 Å². The van der Waals surface area contributed by atoms with Gasteiger partial charge in [0, 0.05) is 16.8 Å². The first kappa shape index (κ1) is 12.6. The van der Waals surface area contributed by atoms with Gasteiger partial charge >= 0.3 is 0 Å². The monoisotopic (exact) mass is 265 g/mol. The van der Waals surface area contributed by atoms with Gasteiger partial charge < -0.3 is 5.32 Å². The molecule has 2 aromatic carbocycles. The van der Waals surface area contributed by atoms with Gasteiger partial charge in [0.15, 0.2) is 0 Å². The molecule has 1 amide bonds. The molecule has 100 valence electrons. The second-order valence-electron chi connectivity index (χ2n) is 5.03. The fourth-order valence-electron chi connectivity index (χ4n) is 2.61. The van der Waals surface area contributed by atoms with Crippen molar-refractivity contribution in [3.63, 3.8) is 0 Å². The number of amides is 1. The molecule has 0 saturated carbocycles. The molecule has 20 heavy (non-hydrogen) atoms.